The van der Waals surface area contributed by atoms with Gasteiger partial charge in [0.05, 0.1) is 28.8 Å². The lowest BCUT2D eigenvalue weighted by molar-refractivity contribution is 0.746. The largest absolute Gasteiger partial charge is 0.294 e. The van der Waals surface area contributed by atoms with Gasteiger partial charge in [-0.1, -0.05) is 57.3 Å². The molecule has 0 aliphatic rings. The molecule has 0 saturated heterocycles. The van der Waals surface area contributed by atoms with Gasteiger partial charge in [-0.15, -0.1) is 0 Å². The minimum Gasteiger partial charge on any atom is -0.294 e. The number of halogens is 3. The molecule has 6 heteroatoms. The van der Waals surface area contributed by atoms with Gasteiger partial charge in [-0.2, -0.15) is 0 Å². The van der Waals surface area contributed by atoms with E-state index in [1.165, 1.54) is 10.9 Å². The lowest BCUT2D eigenvalue weighted by atomic mass is 10.2. The molecule has 3 nitrogen and oxygen atoms in total. The summed E-state index contributed by atoms with van der Waals surface area (Å²) in [6.07, 6.45) is 1.50. The predicted molar refractivity (Wildman–Crippen MR) is 89.3 cm³/mol. The van der Waals surface area contributed by atoms with Crippen LogP contribution in [-0.4, -0.2) is 9.55 Å². The molecule has 0 unspecified atom stereocenters. The van der Waals surface area contributed by atoms with E-state index in [0.717, 1.165) is 10.0 Å². The highest BCUT2D eigenvalue weighted by molar-refractivity contribution is 9.10. The van der Waals surface area contributed by atoms with Crippen LogP contribution >= 0.6 is 39.1 Å². The monoisotopic (exact) mass is 382 g/mol. The van der Waals surface area contributed by atoms with Crippen molar-refractivity contribution in [3.63, 3.8) is 0 Å². The van der Waals surface area contributed by atoms with Crippen LogP contribution in [0.25, 0.3) is 10.9 Å². The van der Waals surface area contributed by atoms with E-state index in [9.17, 15) is 4.79 Å². The lowest BCUT2D eigenvalue weighted by Gasteiger charge is -2.09. The summed E-state index contributed by atoms with van der Waals surface area (Å²) in [5.41, 5.74) is 1.29. The Morgan fingerprint density at radius 2 is 1.95 bits per heavy atom. The molecular weight excluding hydrogens is 375 g/mol. The Kier molecular flexibility index (Phi) is 4.02. The second-order valence-corrected chi connectivity index (χ2v) is 6.25. The van der Waals surface area contributed by atoms with Crippen LogP contribution in [0, 0.1) is 0 Å². The molecule has 0 amide bonds. The molecule has 0 bridgehead atoms. The summed E-state index contributed by atoms with van der Waals surface area (Å²) in [6, 6.07) is 10.9. The zero-order valence-corrected chi connectivity index (χ0v) is 13.8. The van der Waals surface area contributed by atoms with Crippen LogP contribution in [0.4, 0.5) is 0 Å². The number of nitrogens with zero attached hydrogens (tertiary/aromatic N) is 2. The van der Waals surface area contributed by atoms with Crippen molar-refractivity contribution in [1.29, 1.82) is 0 Å². The summed E-state index contributed by atoms with van der Waals surface area (Å²) in [5, 5.41) is 1.22. The minimum atomic E-state index is -0.167. The molecule has 21 heavy (non-hydrogen) atoms. The highest BCUT2D eigenvalue weighted by atomic mass is 79.9. The summed E-state index contributed by atoms with van der Waals surface area (Å²) in [4.78, 5) is 16.8. The summed E-state index contributed by atoms with van der Waals surface area (Å²) < 4.78 is 2.48. The summed E-state index contributed by atoms with van der Waals surface area (Å²) >= 11 is 15.5. The van der Waals surface area contributed by atoms with Gasteiger partial charge in [0.15, 0.2) is 0 Å². The van der Waals surface area contributed by atoms with E-state index in [2.05, 4.69) is 20.9 Å². The molecule has 0 spiro atoms. The van der Waals surface area contributed by atoms with Gasteiger partial charge in [0, 0.05) is 9.50 Å². The molecule has 0 fully saturated rings. The quantitative estimate of drug-likeness (QED) is 0.652. The van der Waals surface area contributed by atoms with Crippen LogP contribution in [0.15, 0.2) is 52.0 Å². The van der Waals surface area contributed by atoms with Gasteiger partial charge in [0.25, 0.3) is 5.56 Å². The Labute approximate surface area is 139 Å². The van der Waals surface area contributed by atoms with Crippen LogP contribution in [0.2, 0.25) is 10.0 Å². The maximum Gasteiger partial charge on any atom is 0.261 e. The highest BCUT2D eigenvalue weighted by Crippen LogP contribution is 2.24. The maximum atomic E-state index is 12.5. The molecule has 3 aromatic rings. The number of hydrogen-bond acceptors (Lipinski definition) is 2. The van der Waals surface area contributed by atoms with Gasteiger partial charge in [-0.05, 0) is 23.8 Å². The molecule has 0 atom stereocenters. The van der Waals surface area contributed by atoms with Crippen LogP contribution < -0.4 is 5.56 Å². The smallest absolute Gasteiger partial charge is 0.261 e. The van der Waals surface area contributed by atoms with Gasteiger partial charge < -0.3 is 0 Å². The molecule has 0 saturated carbocycles. The van der Waals surface area contributed by atoms with Gasteiger partial charge in [-0.25, -0.2) is 4.98 Å². The van der Waals surface area contributed by atoms with E-state index < -0.39 is 0 Å². The second-order valence-electron chi connectivity index (χ2n) is 4.55. The third kappa shape index (κ3) is 2.84. The maximum absolute atomic E-state index is 12.5. The van der Waals surface area contributed by atoms with Crippen molar-refractivity contribution < 1.29 is 0 Å². The molecular formula is C15H9BrCl2N2O. The molecule has 1 heterocycles. The van der Waals surface area contributed by atoms with E-state index in [0.29, 0.717) is 27.5 Å². The summed E-state index contributed by atoms with van der Waals surface area (Å²) in [5.74, 6) is 0. The standard InChI is InChI=1S/C15H9BrCl2N2O/c16-12-4-2-1-3-9(12)7-20-8-19-14-11(15(20)21)5-10(17)6-13(14)18/h1-6,8H,7H2. The van der Waals surface area contributed by atoms with Crippen molar-refractivity contribution in [3.8, 4) is 0 Å². The van der Waals surface area contributed by atoms with Crippen LogP contribution in [0.5, 0.6) is 0 Å². The third-order valence-electron chi connectivity index (χ3n) is 3.14. The van der Waals surface area contributed by atoms with E-state index in [1.807, 2.05) is 24.3 Å². The van der Waals surface area contributed by atoms with Crippen molar-refractivity contribution in [2.45, 2.75) is 6.54 Å². The van der Waals surface area contributed by atoms with E-state index in [1.54, 1.807) is 12.1 Å². The Balaban J connectivity index is 2.15. The third-order valence-corrected chi connectivity index (χ3v) is 4.42. The predicted octanol–water partition coefficient (Wildman–Crippen LogP) is 4.51. The average Bonchev–Trinajstić information content (AvgIpc) is 2.44. The number of hydrogen-bond donors (Lipinski definition) is 0. The van der Waals surface area contributed by atoms with Crippen LogP contribution in [0.1, 0.15) is 5.56 Å². The van der Waals surface area contributed by atoms with E-state index in [4.69, 9.17) is 23.2 Å². The van der Waals surface area contributed by atoms with Gasteiger partial charge in [0.2, 0.25) is 0 Å². The second kappa shape index (κ2) is 5.79. The number of aromatic nitrogens is 2. The summed E-state index contributed by atoms with van der Waals surface area (Å²) in [7, 11) is 0. The molecule has 2 aromatic carbocycles. The molecule has 0 N–H and O–H groups in total. The van der Waals surface area contributed by atoms with Crippen LogP contribution in [-0.2, 0) is 6.54 Å². The van der Waals surface area contributed by atoms with E-state index >= 15 is 0 Å². The lowest BCUT2D eigenvalue weighted by Crippen LogP contribution is -2.21. The van der Waals surface area contributed by atoms with Gasteiger partial charge in [0.1, 0.15) is 0 Å². The van der Waals surface area contributed by atoms with Crippen molar-refractivity contribution >= 4 is 50.0 Å². The molecule has 1 aromatic heterocycles. The Bertz CT molecular complexity index is 892. The normalized spacial score (nSPS) is 11.0. The van der Waals surface area contributed by atoms with E-state index in [-0.39, 0.29) is 5.56 Å². The average molecular weight is 384 g/mol. The molecule has 0 radical (unpaired) electrons. The van der Waals surface area contributed by atoms with Crippen molar-refractivity contribution in [2.75, 3.05) is 0 Å². The minimum absolute atomic E-state index is 0.167. The van der Waals surface area contributed by atoms with Gasteiger partial charge >= 0.3 is 0 Å². The topological polar surface area (TPSA) is 34.9 Å². The fourth-order valence-electron chi connectivity index (χ4n) is 2.12. The zero-order chi connectivity index (χ0) is 15.0. The van der Waals surface area contributed by atoms with Gasteiger partial charge in [-0.3, -0.25) is 9.36 Å². The first-order valence-electron chi connectivity index (χ1n) is 6.14. The molecule has 106 valence electrons. The van der Waals surface area contributed by atoms with Crippen molar-refractivity contribution in [1.82, 2.24) is 9.55 Å². The highest BCUT2D eigenvalue weighted by Gasteiger charge is 2.10. The fourth-order valence-corrected chi connectivity index (χ4v) is 3.07. The SMILES string of the molecule is O=c1c2cc(Cl)cc(Cl)c2ncn1Cc1ccccc1Br. The Morgan fingerprint density at radius 1 is 1.19 bits per heavy atom. The Hall–Kier alpha value is -1.36. The molecule has 3 rings (SSSR count). The first-order chi connectivity index (χ1) is 10.1. The van der Waals surface area contributed by atoms with Crippen LogP contribution in [0.3, 0.4) is 0 Å². The molecule has 0 aliphatic carbocycles. The zero-order valence-electron chi connectivity index (χ0n) is 10.7. The first kappa shape index (κ1) is 14.6. The van der Waals surface area contributed by atoms with Crippen molar-refractivity contribution in [3.05, 3.63) is 73.2 Å². The first-order valence-corrected chi connectivity index (χ1v) is 7.69. The Morgan fingerprint density at radius 3 is 2.71 bits per heavy atom. The number of rotatable bonds is 2. The molecule has 0 aliphatic heterocycles. The van der Waals surface area contributed by atoms with Crippen molar-refractivity contribution in [2.24, 2.45) is 0 Å². The number of benzene rings is 2. The summed E-state index contributed by atoms with van der Waals surface area (Å²) in [6.45, 7) is 0.424. The fraction of sp³-hybridized carbons (Fsp3) is 0.0667. The number of fused-ring (bicyclic) bond motifs is 1.